The number of methoxy groups -OCH3 is 1. The third kappa shape index (κ3) is 3.47. The molecular weight excluding hydrogens is 404 g/mol. The largest absolute Gasteiger partial charge is 0.469 e. The number of rotatable bonds is 3. The van der Waals surface area contributed by atoms with E-state index in [-0.39, 0.29) is 30.2 Å². The summed E-state index contributed by atoms with van der Waals surface area (Å²) in [7, 11) is 1.33. The first-order chi connectivity index (χ1) is 14.6. The van der Waals surface area contributed by atoms with Crippen LogP contribution in [0.4, 0.5) is 0 Å². The summed E-state index contributed by atoms with van der Waals surface area (Å²) in [6, 6.07) is 0. The average molecular weight is 437 g/mol. The molecule has 0 aromatic carbocycles. The molecule has 2 aliphatic carbocycles. The van der Waals surface area contributed by atoms with Gasteiger partial charge in [-0.2, -0.15) is 0 Å². The Kier molecular flexibility index (Phi) is 5.65. The Bertz CT molecular complexity index is 786. The van der Waals surface area contributed by atoms with Gasteiger partial charge in [0.15, 0.2) is 11.9 Å². The van der Waals surface area contributed by atoms with Crippen LogP contribution < -0.4 is 0 Å². The van der Waals surface area contributed by atoms with E-state index in [2.05, 4.69) is 0 Å². The molecule has 8 atom stereocenters. The van der Waals surface area contributed by atoms with Crippen molar-refractivity contribution in [3.63, 3.8) is 0 Å². The van der Waals surface area contributed by atoms with Gasteiger partial charge in [0.1, 0.15) is 6.10 Å². The van der Waals surface area contributed by atoms with Crippen LogP contribution in [-0.2, 0) is 38.1 Å². The maximum Gasteiger partial charge on any atom is 0.309 e. The number of esters is 3. The van der Waals surface area contributed by atoms with Crippen LogP contribution in [-0.4, -0.2) is 56.2 Å². The molecule has 31 heavy (non-hydrogen) atoms. The van der Waals surface area contributed by atoms with E-state index in [9.17, 15) is 19.2 Å². The molecule has 2 saturated carbocycles. The second-order valence-corrected chi connectivity index (χ2v) is 10.2. The normalized spacial score (nSPS) is 44.6. The highest BCUT2D eigenvalue weighted by atomic mass is 16.6. The van der Waals surface area contributed by atoms with Crippen molar-refractivity contribution in [3.05, 3.63) is 0 Å². The molecule has 2 aliphatic heterocycles. The van der Waals surface area contributed by atoms with Crippen molar-refractivity contribution in [2.75, 3.05) is 20.3 Å². The zero-order chi connectivity index (χ0) is 22.6. The smallest absolute Gasteiger partial charge is 0.309 e. The van der Waals surface area contributed by atoms with Crippen molar-refractivity contribution in [3.8, 4) is 0 Å². The van der Waals surface area contributed by atoms with E-state index >= 15 is 0 Å². The van der Waals surface area contributed by atoms with Crippen LogP contribution >= 0.6 is 0 Å². The van der Waals surface area contributed by atoms with E-state index in [0.29, 0.717) is 32.5 Å². The lowest BCUT2D eigenvalue weighted by atomic mass is 9.43. The molecule has 0 amide bonds. The number of carbonyl (C=O) groups is 4. The average Bonchev–Trinajstić information content (AvgIpc) is 3.23. The van der Waals surface area contributed by atoms with Crippen LogP contribution in [0.3, 0.4) is 0 Å². The summed E-state index contributed by atoms with van der Waals surface area (Å²) in [6.07, 6.45) is 1.21. The topological polar surface area (TPSA) is 105 Å². The van der Waals surface area contributed by atoms with Crippen LogP contribution in [0, 0.1) is 34.5 Å². The Balaban J connectivity index is 1.76. The molecular formula is C23H32O8. The predicted octanol–water partition coefficient (Wildman–Crippen LogP) is 2.07. The zero-order valence-corrected chi connectivity index (χ0v) is 18.7. The molecule has 0 unspecified atom stereocenters. The van der Waals surface area contributed by atoms with Gasteiger partial charge in [0, 0.05) is 31.8 Å². The van der Waals surface area contributed by atoms with Gasteiger partial charge in [-0.15, -0.1) is 0 Å². The van der Waals surface area contributed by atoms with Gasteiger partial charge < -0.3 is 18.9 Å². The monoisotopic (exact) mass is 436 g/mol. The van der Waals surface area contributed by atoms with Gasteiger partial charge in [0.2, 0.25) is 0 Å². The number of ketones is 1. The number of cyclic esters (lactones) is 1. The van der Waals surface area contributed by atoms with Gasteiger partial charge in [0.25, 0.3) is 0 Å². The Morgan fingerprint density at radius 2 is 1.87 bits per heavy atom. The molecule has 0 bridgehead atoms. The third-order valence-corrected chi connectivity index (χ3v) is 8.41. The first-order valence-electron chi connectivity index (χ1n) is 11.2. The molecule has 4 rings (SSSR count). The highest BCUT2D eigenvalue weighted by Crippen LogP contribution is 2.64. The van der Waals surface area contributed by atoms with Gasteiger partial charge >= 0.3 is 17.9 Å². The first kappa shape index (κ1) is 22.2. The van der Waals surface area contributed by atoms with Gasteiger partial charge in [-0.3, -0.25) is 19.2 Å². The lowest BCUT2D eigenvalue weighted by Gasteiger charge is -2.61. The Morgan fingerprint density at radius 3 is 2.48 bits per heavy atom. The fourth-order valence-corrected chi connectivity index (χ4v) is 6.97. The van der Waals surface area contributed by atoms with E-state index in [4.69, 9.17) is 18.9 Å². The van der Waals surface area contributed by atoms with Crippen LogP contribution in [0.5, 0.6) is 0 Å². The molecule has 0 N–H and O–H groups in total. The molecule has 0 radical (unpaired) electrons. The van der Waals surface area contributed by atoms with Gasteiger partial charge in [-0.05, 0) is 36.5 Å². The SMILES string of the molecule is COC(=O)[C@@H]1C[C@H](OC(C)=O)C(=O)[C@H]2[C@@]1(C)CC[C@H]1C(=O)O[C@@H]([C@H]3CCOC3)C[C@]21C. The van der Waals surface area contributed by atoms with E-state index in [1.165, 1.54) is 14.0 Å². The highest BCUT2D eigenvalue weighted by Gasteiger charge is 2.68. The number of carbonyl (C=O) groups excluding carboxylic acids is 4. The van der Waals surface area contributed by atoms with Crippen LogP contribution in [0.1, 0.15) is 52.9 Å². The first-order valence-corrected chi connectivity index (χ1v) is 11.2. The quantitative estimate of drug-likeness (QED) is 0.489. The van der Waals surface area contributed by atoms with Crippen LogP contribution in [0.15, 0.2) is 0 Å². The Labute approximate surface area is 182 Å². The molecule has 0 aromatic rings. The van der Waals surface area contributed by atoms with Crippen molar-refractivity contribution < 1.29 is 38.1 Å². The van der Waals surface area contributed by atoms with Crippen LogP contribution in [0.25, 0.3) is 0 Å². The maximum atomic E-state index is 13.7. The summed E-state index contributed by atoms with van der Waals surface area (Å²) in [4.78, 5) is 51.3. The molecule has 2 saturated heterocycles. The molecule has 2 heterocycles. The lowest BCUT2D eigenvalue weighted by Crippen LogP contribution is -2.65. The van der Waals surface area contributed by atoms with Gasteiger partial charge in [-0.1, -0.05) is 13.8 Å². The number of hydrogen-bond acceptors (Lipinski definition) is 8. The van der Waals surface area contributed by atoms with Crippen molar-refractivity contribution in [1.82, 2.24) is 0 Å². The van der Waals surface area contributed by atoms with Gasteiger partial charge in [-0.25, -0.2) is 0 Å². The second-order valence-electron chi connectivity index (χ2n) is 10.2. The van der Waals surface area contributed by atoms with Crippen molar-refractivity contribution in [2.24, 2.45) is 34.5 Å². The van der Waals surface area contributed by atoms with E-state index in [0.717, 1.165) is 6.42 Å². The summed E-state index contributed by atoms with van der Waals surface area (Å²) in [5.41, 5.74) is -1.38. The summed E-state index contributed by atoms with van der Waals surface area (Å²) in [5.74, 6) is -2.96. The van der Waals surface area contributed by atoms with E-state index < -0.39 is 46.6 Å². The lowest BCUT2D eigenvalue weighted by molar-refractivity contribution is -0.212. The van der Waals surface area contributed by atoms with Crippen molar-refractivity contribution in [2.45, 2.75) is 65.1 Å². The minimum atomic E-state index is -1.01. The number of ether oxygens (including phenoxy) is 4. The van der Waals surface area contributed by atoms with Crippen molar-refractivity contribution >= 4 is 23.7 Å². The summed E-state index contributed by atoms with van der Waals surface area (Å²) >= 11 is 0. The minimum Gasteiger partial charge on any atom is -0.469 e. The standard InChI is InChI=1S/C23H32O8/c1-12(24)30-16-9-15(20(26)28-4)22(2)7-5-14-21(27)31-17(13-6-8-29-11-13)10-23(14,3)19(22)18(16)25/h13-17,19H,5-11H2,1-4H3/t13-,14-,15-,16-,17+,19-,22-,23-/m0/s1. The summed E-state index contributed by atoms with van der Waals surface area (Å²) in [5, 5.41) is 0. The number of fused-ring (bicyclic) bond motifs is 3. The molecule has 8 nitrogen and oxygen atoms in total. The number of hydrogen-bond donors (Lipinski definition) is 0. The molecule has 0 spiro atoms. The molecule has 172 valence electrons. The van der Waals surface area contributed by atoms with E-state index in [1.54, 1.807) is 0 Å². The summed E-state index contributed by atoms with van der Waals surface area (Å²) in [6.45, 7) is 6.36. The van der Waals surface area contributed by atoms with Crippen molar-refractivity contribution in [1.29, 1.82) is 0 Å². The van der Waals surface area contributed by atoms with Gasteiger partial charge in [0.05, 0.1) is 25.6 Å². The minimum absolute atomic E-state index is 0.106. The Morgan fingerprint density at radius 1 is 1.13 bits per heavy atom. The third-order valence-electron chi connectivity index (χ3n) is 8.41. The van der Waals surface area contributed by atoms with Crippen LogP contribution in [0.2, 0.25) is 0 Å². The molecule has 8 heteroatoms. The molecule has 4 aliphatic rings. The summed E-state index contributed by atoms with van der Waals surface area (Å²) < 4.78 is 21.8. The highest BCUT2D eigenvalue weighted by molar-refractivity contribution is 5.93. The zero-order valence-electron chi connectivity index (χ0n) is 18.7. The fourth-order valence-electron chi connectivity index (χ4n) is 6.97. The fraction of sp³-hybridized carbons (Fsp3) is 0.826. The predicted molar refractivity (Wildman–Crippen MR) is 107 cm³/mol. The molecule has 0 aromatic heterocycles. The maximum absolute atomic E-state index is 13.7. The Hall–Kier alpha value is -1.96. The second kappa shape index (κ2) is 7.87. The van der Waals surface area contributed by atoms with E-state index in [1.807, 2.05) is 13.8 Å². The molecule has 4 fully saturated rings. The number of Topliss-reactive ketones (excluding diaryl/α,β-unsaturated/α-hetero) is 1.